The summed E-state index contributed by atoms with van der Waals surface area (Å²) in [7, 11) is 0. The summed E-state index contributed by atoms with van der Waals surface area (Å²) < 4.78 is 13.3. The van der Waals surface area contributed by atoms with Crippen molar-refractivity contribution in [2.45, 2.75) is 6.42 Å². The topological polar surface area (TPSA) is 36.7 Å². The number of aromatic nitrogens is 1. The minimum absolute atomic E-state index is 0.115. The largest absolute Gasteiger partial charge is 0.219 e. The first-order chi connectivity index (χ1) is 8.63. The molecule has 0 radical (unpaired) electrons. The molecule has 1 aromatic carbocycles. The van der Waals surface area contributed by atoms with Crippen molar-refractivity contribution in [3.63, 3.8) is 0 Å². The number of nitriles is 1. The first kappa shape index (κ1) is 12.8. The first-order valence-corrected chi connectivity index (χ1v) is 5.86. The summed E-state index contributed by atoms with van der Waals surface area (Å²) >= 11 is 12.1. The molecule has 0 aliphatic carbocycles. The van der Waals surface area contributed by atoms with Crippen LogP contribution in [0.4, 0.5) is 4.39 Å². The third-order valence-electron chi connectivity index (χ3n) is 2.41. The number of hydrogen-bond donors (Lipinski definition) is 0. The van der Waals surface area contributed by atoms with Gasteiger partial charge in [0.2, 0.25) is 5.95 Å². The molecule has 5 heteroatoms. The van der Waals surface area contributed by atoms with E-state index in [4.69, 9.17) is 28.5 Å². The van der Waals surface area contributed by atoms with Gasteiger partial charge in [-0.2, -0.15) is 9.65 Å². The lowest BCUT2D eigenvalue weighted by atomic mass is 10.0. The summed E-state index contributed by atoms with van der Waals surface area (Å²) in [6.07, 6.45) is 0.115. The molecule has 0 amide bonds. The maximum absolute atomic E-state index is 13.3. The molecule has 18 heavy (non-hydrogen) atoms. The van der Waals surface area contributed by atoms with Crippen LogP contribution in [0.25, 0.3) is 11.3 Å². The molecule has 0 fully saturated rings. The monoisotopic (exact) mass is 280 g/mol. The number of benzene rings is 1. The van der Waals surface area contributed by atoms with Gasteiger partial charge in [-0.3, -0.25) is 0 Å². The molecule has 0 saturated carbocycles. The molecule has 0 aliphatic rings. The van der Waals surface area contributed by atoms with Gasteiger partial charge < -0.3 is 0 Å². The second-order valence-corrected chi connectivity index (χ2v) is 4.39. The Labute approximate surface area is 114 Å². The molecule has 2 aromatic rings. The Balaban J connectivity index is 2.70. The highest BCUT2D eigenvalue weighted by Crippen LogP contribution is 2.35. The van der Waals surface area contributed by atoms with E-state index in [1.807, 2.05) is 6.07 Å². The SMILES string of the molecule is N#CCc1ccc(F)nc1-c1c(Cl)cccc1Cl. The average molecular weight is 281 g/mol. The second kappa shape index (κ2) is 5.34. The molecule has 0 N–H and O–H groups in total. The fraction of sp³-hybridized carbons (Fsp3) is 0.0769. The van der Waals surface area contributed by atoms with E-state index in [9.17, 15) is 4.39 Å². The van der Waals surface area contributed by atoms with Crippen molar-refractivity contribution in [3.05, 3.63) is 51.9 Å². The molecule has 0 spiro atoms. The summed E-state index contributed by atoms with van der Waals surface area (Å²) in [6, 6.07) is 9.71. The predicted molar refractivity (Wildman–Crippen MR) is 69.0 cm³/mol. The molecule has 0 atom stereocenters. The molecule has 2 rings (SSSR count). The molecule has 0 aliphatic heterocycles. The van der Waals surface area contributed by atoms with Crippen molar-refractivity contribution in [2.75, 3.05) is 0 Å². The van der Waals surface area contributed by atoms with Gasteiger partial charge in [0, 0.05) is 5.56 Å². The van der Waals surface area contributed by atoms with Gasteiger partial charge in [0.05, 0.1) is 28.2 Å². The maximum atomic E-state index is 13.3. The van der Waals surface area contributed by atoms with Crippen LogP contribution in [-0.4, -0.2) is 4.98 Å². The van der Waals surface area contributed by atoms with E-state index in [1.165, 1.54) is 12.1 Å². The zero-order valence-corrected chi connectivity index (χ0v) is 10.6. The van der Waals surface area contributed by atoms with Crippen molar-refractivity contribution in [2.24, 2.45) is 0 Å². The molecule has 2 nitrogen and oxygen atoms in total. The fourth-order valence-electron chi connectivity index (χ4n) is 1.63. The van der Waals surface area contributed by atoms with Crippen molar-refractivity contribution in [3.8, 4) is 17.3 Å². The number of nitrogens with zero attached hydrogens (tertiary/aromatic N) is 2. The summed E-state index contributed by atoms with van der Waals surface area (Å²) in [4.78, 5) is 3.80. The summed E-state index contributed by atoms with van der Waals surface area (Å²) in [5.74, 6) is -0.636. The highest BCUT2D eigenvalue weighted by atomic mass is 35.5. The third-order valence-corrected chi connectivity index (χ3v) is 3.04. The summed E-state index contributed by atoms with van der Waals surface area (Å²) in [6.45, 7) is 0. The van der Waals surface area contributed by atoms with E-state index >= 15 is 0 Å². The highest BCUT2D eigenvalue weighted by molar-refractivity contribution is 6.39. The van der Waals surface area contributed by atoms with Gasteiger partial charge in [0.15, 0.2) is 0 Å². The van der Waals surface area contributed by atoms with Crippen LogP contribution in [-0.2, 0) is 6.42 Å². The maximum Gasteiger partial charge on any atom is 0.213 e. The molecule has 0 saturated heterocycles. The molecule has 0 unspecified atom stereocenters. The van der Waals surface area contributed by atoms with Gasteiger partial charge in [-0.1, -0.05) is 35.3 Å². The molecular formula is C13H7Cl2FN2. The van der Waals surface area contributed by atoms with Crippen molar-refractivity contribution >= 4 is 23.2 Å². The lowest BCUT2D eigenvalue weighted by Crippen LogP contribution is -1.96. The Bertz CT molecular complexity index is 615. The lowest BCUT2D eigenvalue weighted by Gasteiger charge is -2.09. The number of rotatable bonds is 2. The van der Waals surface area contributed by atoms with Crippen molar-refractivity contribution in [1.29, 1.82) is 5.26 Å². The van der Waals surface area contributed by atoms with Gasteiger partial charge in [0.1, 0.15) is 0 Å². The van der Waals surface area contributed by atoms with Gasteiger partial charge >= 0.3 is 0 Å². The van der Waals surface area contributed by atoms with E-state index in [-0.39, 0.29) is 6.42 Å². The van der Waals surface area contributed by atoms with Crippen LogP contribution < -0.4 is 0 Å². The average Bonchev–Trinajstić information content (AvgIpc) is 2.32. The Hall–Kier alpha value is -1.63. The van der Waals surface area contributed by atoms with Crippen molar-refractivity contribution < 1.29 is 4.39 Å². The van der Waals surface area contributed by atoms with Crippen molar-refractivity contribution in [1.82, 2.24) is 4.98 Å². The lowest BCUT2D eigenvalue weighted by molar-refractivity contribution is 0.584. The Morgan fingerprint density at radius 3 is 2.44 bits per heavy atom. The van der Waals surface area contributed by atoms with Crippen LogP contribution in [0, 0.1) is 17.3 Å². The van der Waals surface area contributed by atoms with Gasteiger partial charge in [0.25, 0.3) is 0 Å². The smallest absolute Gasteiger partial charge is 0.213 e. The van der Waals surface area contributed by atoms with E-state index in [2.05, 4.69) is 4.98 Å². The standard InChI is InChI=1S/C13H7Cl2FN2/c14-9-2-1-3-10(15)12(9)13-8(6-7-17)4-5-11(16)18-13/h1-5H,6H2. The van der Waals surface area contributed by atoms with Gasteiger partial charge in [-0.25, -0.2) is 4.98 Å². The van der Waals surface area contributed by atoms with E-state index in [0.717, 1.165) is 0 Å². The predicted octanol–water partition coefficient (Wildman–Crippen LogP) is 4.26. The highest BCUT2D eigenvalue weighted by Gasteiger charge is 2.14. The molecule has 90 valence electrons. The number of hydrogen-bond acceptors (Lipinski definition) is 2. The normalized spacial score (nSPS) is 10.1. The van der Waals surface area contributed by atoms with E-state index in [1.54, 1.807) is 18.2 Å². The third kappa shape index (κ3) is 2.45. The van der Waals surface area contributed by atoms with Crippen LogP contribution in [0.1, 0.15) is 5.56 Å². The van der Waals surface area contributed by atoms with Crippen LogP contribution in [0.5, 0.6) is 0 Å². The summed E-state index contributed by atoms with van der Waals surface area (Å²) in [5.41, 5.74) is 1.35. The quantitative estimate of drug-likeness (QED) is 0.771. The second-order valence-electron chi connectivity index (χ2n) is 3.57. The number of halogens is 3. The van der Waals surface area contributed by atoms with Gasteiger partial charge in [-0.15, -0.1) is 0 Å². The molecule has 0 bridgehead atoms. The Morgan fingerprint density at radius 2 is 1.83 bits per heavy atom. The Morgan fingerprint density at radius 1 is 1.17 bits per heavy atom. The van der Waals surface area contributed by atoms with Crippen LogP contribution >= 0.6 is 23.2 Å². The van der Waals surface area contributed by atoms with Crippen LogP contribution in [0.15, 0.2) is 30.3 Å². The Kier molecular flexibility index (Phi) is 3.81. The summed E-state index contributed by atoms with van der Waals surface area (Å²) in [5, 5.41) is 9.51. The molecular weight excluding hydrogens is 274 g/mol. The molecule has 1 heterocycles. The molecule has 1 aromatic heterocycles. The van der Waals surface area contributed by atoms with Crippen LogP contribution in [0.3, 0.4) is 0 Å². The fourth-order valence-corrected chi connectivity index (χ4v) is 2.21. The van der Waals surface area contributed by atoms with E-state index in [0.29, 0.717) is 26.9 Å². The minimum atomic E-state index is -0.636. The van der Waals surface area contributed by atoms with Gasteiger partial charge in [-0.05, 0) is 23.8 Å². The van der Waals surface area contributed by atoms with Crippen LogP contribution in [0.2, 0.25) is 10.0 Å². The zero-order valence-electron chi connectivity index (χ0n) is 9.12. The zero-order chi connectivity index (χ0) is 13.1. The minimum Gasteiger partial charge on any atom is -0.219 e. The van der Waals surface area contributed by atoms with E-state index < -0.39 is 5.95 Å². The number of pyridine rings is 1. The first-order valence-electron chi connectivity index (χ1n) is 5.10.